The van der Waals surface area contributed by atoms with E-state index in [-0.39, 0.29) is 23.5 Å². The lowest BCUT2D eigenvalue weighted by Crippen LogP contribution is -2.35. The molecule has 1 aromatic heterocycles. The van der Waals surface area contributed by atoms with Crippen LogP contribution < -0.4 is 5.32 Å². The highest BCUT2D eigenvalue weighted by molar-refractivity contribution is 5.92. The Morgan fingerprint density at radius 1 is 1.41 bits per heavy atom. The molecule has 0 aliphatic heterocycles. The van der Waals surface area contributed by atoms with Crippen molar-refractivity contribution in [3.05, 3.63) is 53.6 Å². The number of aryl methyl sites for hydroxylation is 1. The van der Waals surface area contributed by atoms with E-state index in [0.717, 1.165) is 24.8 Å². The summed E-state index contributed by atoms with van der Waals surface area (Å²) in [4.78, 5) is 12.2. The zero-order chi connectivity index (χ0) is 15.5. The molecule has 22 heavy (non-hydrogen) atoms. The molecule has 1 unspecified atom stereocenters. The number of hydrogen-bond donors (Lipinski definition) is 1. The van der Waals surface area contributed by atoms with Crippen LogP contribution in [-0.2, 0) is 0 Å². The van der Waals surface area contributed by atoms with Gasteiger partial charge in [0.1, 0.15) is 5.82 Å². The number of carbonyl (C=O) groups is 1. The van der Waals surface area contributed by atoms with Crippen molar-refractivity contribution in [2.24, 2.45) is 0 Å². The molecule has 3 rings (SSSR count). The van der Waals surface area contributed by atoms with Crippen LogP contribution in [0.3, 0.4) is 0 Å². The van der Waals surface area contributed by atoms with E-state index in [2.05, 4.69) is 27.8 Å². The van der Waals surface area contributed by atoms with Crippen LogP contribution in [0, 0.1) is 12.7 Å². The van der Waals surface area contributed by atoms with Crippen molar-refractivity contribution in [1.82, 2.24) is 20.3 Å². The molecule has 0 bridgehead atoms. The molecule has 0 radical (unpaired) electrons. The monoisotopic (exact) mass is 300 g/mol. The van der Waals surface area contributed by atoms with E-state index in [1.165, 1.54) is 16.8 Å². The Balaban J connectivity index is 1.75. The fourth-order valence-electron chi connectivity index (χ4n) is 2.55. The van der Waals surface area contributed by atoms with Crippen LogP contribution in [0.4, 0.5) is 4.39 Å². The number of rotatable bonds is 3. The maximum atomic E-state index is 13.1. The Labute approximate surface area is 127 Å². The second-order valence-electron chi connectivity index (χ2n) is 5.43. The lowest BCUT2D eigenvalue weighted by atomic mass is 10.0. The number of allylic oxidation sites excluding steroid dienone is 1. The second-order valence-corrected chi connectivity index (χ2v) is 5.43. The summed E-state index contributed by atoms with van der Waals surface area (Å²) in [6.07, 6.45) is 8.52. The van der Waals surface area contributed by atoms with Gasteiger partial charge in [0.2, 0.25) is 0 Å². The van der Waals surface area contributed by atoms with Crippen LogP contribution in [0.15, 0.2) is 36.5 Å². The van der Waals surface area contributed by atoms with E-state index in [4.69, 9.17) is 0 Å². The summed E-state index contributed by atoms with van der Waals surface area (Å²) in [6, 6.07) is 4.55. The topological polar surface area (TPSA) is 59.8 Å². The Hall–Kier alpha value is -2.50. The summed E-state index contributed by atoms with van der Waals surface area (Å²) in [7, 11) is 0. The molecule has 0 spiro atoms. The highest BCUT2D eigenvalue weighted by Crippen LogP contribution is 2.15. The van der Waals surface area contributed by atoms with Gasteiger partial charge >= 0.3 is 0 Å². The van der Waals surface area contributed by atoms with Gasteiger partial charge in [0.15, 0.2) is 5.69 Å². The Kier molecular flexibility index (Phi) is 4.00. The molecule has 6 heteroatoms. The number of benzene rings is 1. The number of halogens is 1. The van der Waals surface area contributed by atoms with Crippen molar-refractivity contribution in [3.8, 4) is 5.69 Å². The van der Waals surface area contributed by atoms with Gasteiger partial charge in [-0.1, -0.05) is 17.4 Å². The van der Waals surface area contributed by atoms with E-state index in [9.17, 15) is 9.18 Å². The van der Waals surface area contributed by atoms with E-state index in [1.54, 1.807) is 19.2 Å². The van der Waals surface area contributed by atoms with E-state index >= 15 is 0 Å². The molecule has 0 saturated carbocycles. The molecular weight excluding hydrogens is 283 g/mol. The number of hydrogen-bond acceptors (Lipinski definition) is 3. The minimum Gasteiger partial charge on any atom is -0.348 e. The Bertz CT molecular complexity index is 723. The summed E-state index contributed by atoms with van der Waals surface area (Å²) < 4.78 is 14.6. The molecule has 114 valence electrons. The van der Waals surface area contributed by atoms with Crippen molar-refractivity contribution in [3.63, 3.8) is 0 Å². The van der Waals surface area contributed by atoms with Crippen molar-refractivity contribution < 1.29 is 9.18 Å². The molecule has 1 aliphatic rings. The molecule has 1 heterocycles. The highest BCUT2D eigenvalue weighted by Gasteiger charge is 2.17. The van der Waals surface area contributed by atoms with Crippen LogP contribution in [0.2, 0.25) is 0 Å². The van der Waals surface area contributed by atoms with Gasteiger partial charge in [0.25, 0.3) is 5.91 Å². The average molecular weight is 300 g/mol. The van der Waals surface area contributed by atoms with Gasteiger partial charge in [0, 0.05) is 6.04 Å². The fourth-order valence-corrected chi connectivity index (χ4v) is 2.55. The van der Waals surface area contributed by atoms with Crippen molar-refractivity contribution >= 4 is 5.91 Å². The first kappa shape index (κ1) is 14.4. The molecule has 1 N–H and O–H groups in total. The molecule has 5 nitrogen and oxygen atoms in total. The normalized spacial score (nSPS) is 17.5. The van der Waals surface area contributed by atoms with Gasteiger partial charge in [-0.3, -0.25) is 4.79 Å². The number of aromatic nitrogens is 3. The van der Waals surface area contributed by atoms with Crippen LogP contribution in [0.5, 0.6) is 0 Å². The van der Waals surface area contributed by atoms with E-state index in [0.29, 0.717) is 5.69 Å². The fraction of sp³-hybridized carbons (Fsp3) is 0.312. The third kappa shape index (κ3) is 3.05. The summed E-state index contributed by atoms with van der Waals surface area (Å²) in [5.41, 5.74) is 1.70. The molecule has 1 atom stereocenters. The van der Waals surface area contributed by atoms with Crippen LogP contribution >= 0.6 is 0 Å². The number of amides is 1. The molecule has 1 amide bonds. The quantitative estimate of drug-likeness (QED) is 0.886. The van der Waals surface area contributed by atoms with E-state index < -0.39 is 0 Å². The smallest absolute Gasteiger partial charge is 0.273 e. The van der Waals surface area contributed by atoms with Crippen molar-refractivity contribution in [2.45, 2.75) is 32.2 Å². The first-order chi connectivity index (χ1) is 10.6. The summed E-state index contributed by atoms with van der Waals surface area (Å²) in [6.45, 7) is 1.79. The number of carbonyl (C=O) groups excluding carboxylic acids is 1. The Morgan fingerprint density at radius 2 is 2.27 bits per heavy atom. The van der Waals surface area contributed by atoms with Gasteiger partial charge in [-0.2, -0.15) is 0 Å². The minimum atomic E-state index is -0.301. The van der Waals surface area contributed by atoms with Gasteiger partial charge in [-0.25, -0.2) is 9.07 Å². The molecule has 1 aliphatic carbocycles. The summed E-state index contributed by atoms with van der Waals surface area (Å²) in [5, 5.41) is 10.8. The first-order valence-corrected chi connectivity index (χ1v) is 7.28. The second kappa shape index (κ2) is 6.09. The first-order valence-electron chi connectivity index (χ1n) is 7.28. The van der Waals surface area contributed by atoms with Crippen LogP contribution in [0.25, 0.3) is 5.69 Å². The lowest BCUT2D eigenvalue weighted by Gasteiger charge is -2.18. The maximum Gasteiger partial charge on any atom is 0.273 e. The number of nitrogens with one attached hydrogen (secondary N) is 1. The largest absolute Gasteiger partial charge is 0.348 e. The van der Waals surface area contributed by atoms with Gasteiger partial charge in [-0.05, 0) is 49.9 Å². The van der Waals surface area contributed by atoms with Crippen LogP contribution in [-0.4, -0.2) is 26.9 Å². The van der Waals surface area contributed by atoms with Gasteiger partial charge in [0.05, 0.1) is 11.9 Å². The third-order valence-corrected chi connectivity index (χ3v) is 3.74. The van der Waals surface area contributed by atoms with Gasteiger partial charge < -0.3 is 5.32 Å². The van der Waals surface area contributed by atoms with Crippen LogP contribution in [0.1, 0.15) is 35.3 Å². The zero-order valence-electron chi connectivity index (χ0n) is 12.3. The minimum absolute atomic E-state index is 0.148. The maximum absolute atomic E-state index is 13.1. The van der Waals surface area contributed by atoms with Gasteiger partial charge in [-0.15, -0.1) is 5.10 Å². The molecule has 0 saturated heterocycles. The molecule has 2 aromatic rings. The summed E-state index contributed by atoms with van der Waals surface area (Å²) in [5.74, 6) is -0.531. The lowest BCUT2D eigenvalue weighted by molar-refractivity contribution is 0.0929. The standard InChI is InChI=1S/C16H17FN4O/c1-11-9-12(17)7-8-15(11)21-10-14(19-20-21)16(22)18-13-5-3-2-4-6-13/h2-3,7-10,13H,4-6H2,1H3,(H,18,22). The molecule has 0 fully saturated rings. The highest BCUT2D eigenvalue weighted by atomic mass is 19.1. The predicted octanol–water partition coefficient (Wildman–Crippen LogP) is 2.55. The molecular formula is C16H17FN4O. The average Bonchev–Trinajstić information content (AvgIpc) is 2.98. The number of nitrogens with zero attached hydrogens (tertiary/aromatic N) is 3. The van der Waals surface area contributed by atoms with E-state index in [1.807, 2.05) is 0 Å². The zero-order valence-corrected chi connectivity index (χ0v) is 12.3. The Morgan fingerprint density at radius 3 is 3.00 bits per heavy atom. The predicted molar refractivity (Wildman–Crippen MR) is 80.3 cm³/mol. The summed E-state index contributed by atoms with van der Waals surface area (Å²) >= 11 is 0. The SMILES string of the molecule is Cc1cc(F)ccc1-n1cc(C(=O)NC2CC=CCC2)nn1. The van der Waals surface area contributed by atoms with Crippen molar-refractivity contribution in [1.29, 1.82) is 0 Å². The third-order valence-electron chi connectivity index (χ3n) is 3.74. The molecule has 1 aromatic carbocycles. The van der Waals surface area contributed by atoms with Crippen molar-refractivity contribution in [2.75, 3.05) is 0 Å².